The number of benzene rings is 1. The predicted molar refractivity (Wildman–Crippen MR) is 131 cm³/mol. The van der Waals surface area contributed by atoms with Crippen molar-refractivity contribution in [3.05, 3.63) is 34.4 Å². The molecule has 0 aromatic heterocycles. The maximum atomic E-state index is 11.5. The molecule has 0 amide bonds. The smallest absolute Gasteiger partial charge is 0.271 e. The fourth-order valence-corrected chi connectivity index (χ4v) is 4.92. The van der Waals surface area contributed by atoms with E-state index < -0.39 is 6.29 Å². The summed E-state index contributed by atoms with van der Waals surface area (Å²) in [7, 11) is 4.03. The Morgan fingerprint density at radius 1 is 1.12 bits per heavy atom. The number of nitro groups is 1. The lowest BCUT2D eigenvalue weighted by molar-refractivity contribution is -0.384. The highest BCUT2D eigenvalue weighted by atomic mass is 16.6. The third-order valence-corrected chi connectivity index (χ3v) is 6.95. The number of non-ortho nitro benzene ring substituents is 1. The monoisotopic (exact) mass is 456 g/mol. The normalized spacial score (nSPS) is 23.5. The Morgan fingerprint density at radius 3 is 2.48 bits per heavy atom. The Balaban J connectivity index is 1.67. The maximum Gasteiger partial charge on any atom is 0.271 e. The van der Waals surface area contributed by atoms with E-state index in [9.17, 15) is 10.1 Å². The first-order chi connectivity index (χ1) is 15.9. The van der Waals surface area contributed by atoms with Crippen molar-refractivity contribution >= 4 is 23.3 Å². The molecule has 2 heterocycles. The van der Waals surface area contributed by atoms with Gasteiger partial charge in [0.1, 0.15) is 0 Å². The van der Waals surface area contributed by atoms with Gasteiger partial charge < -0.3 is 20.0 Å². The number of likely N-dealkylation sites (tertiary alicyclic amines) is 1. The average Bonchev–Trinajstić information content (AvgIpc) is 3.08. The van der Waals surface area contributed by atoms with E-state index in [1.807, 2.05) is 18.0 Å². The summed E-state index contributed by atoms with van der Waals surface area (Å²) in [6, 6.07) is 7.35. The Morgan fingerprint density at radius 2 is 1.82 bits per heavy atom. The van der Waals surface area contributed by atoms with Crippen LogP contribution in [0.2, 0.25) is 0 Å². The van der Waals surface area contributed by atoms with Crippen molar-refractivity contribution in [2.75, 3.05) is 32.1 Å². The highest BCUT2D eigenvalue weighted by molar-refractivity contribution is 6.05. The predicted octanol–water partition coefficient (Wildman–Crippen LogP) is 2.71. The van der Waals surface area contributed by atoms with E-state index >= 15 is 0 Å². The van der Waals surface area contributed by atoms with Crippen LogP contribution in [-0.2, 0) is 0 Å². The molecule has 3 N–H and O–H groups in total. The molecule has 1 aromatic rings. The van der Waals surface area contributed by atoms with Gasteiger partial charge in [0.2, 0.25) is 11.9 Å². The number of hydrogen-bond acceptors (Lipinski definition) is 9. The minimum atomic E-state index is -0.571. The molecule has 0 bridgehead atoms. The van der Waals surface area contributed by atoms with E-state index in [0.717, 1.165) is 57.3 Å². The summed E-state index contributed by atoms with van der Waals surface area (Å²) in [5.74, 6) is 1.24. The Hall–Kier alpha value is -2.72. The van der Waals surface area contributed by atoms with Crippen molar-refractivity contribution in [3.63, 3.8) is 0 Å². The van der Waals surface area contributed by atoms with Crippen LogP contribution in [0, 0.1) is 10.1 Å². The lowest BCUT2D eigenvalue weighted by Gasteiger charge is -2.40. The van der Waals surface area contributed by atoms with Gasteiger partial charge in [-0.25, -0.2) is 4.99 Å². The van der Waals surface area contributed by atoms with E-state index in [2.05, 4.69) is 27.2 Å². The summed E-state index contributed by atoms with van der Waals surface area (Å²) in [6.45, 7) is 2.07. The molecule has 1 saturated carbocycles. The van der Waals surface area contributed by atoms with Gasteiger partial charge in [-0.15, -0.1) is 0 Å². The van der Waals surface area contributed by atoms with Crippen LogP contribution in [0.5, 0.6) is 0 Å². The zero-order chi connectivity index (χ0) is 23.4. The van der Waals surface area contributed by atoms with E-state index in [0.29, 0.717) is 18.0 Å². The molecule has 1 saturated heterocycles. The first kappa shape index (κ1) is 23.4. The second-order valence-electron chi connectivity index (χ2n) is 9.40. The van der Waals surface area contributed by atoms with Crippen LogP contribution in [0.4, 0.5) is 11.4 Å². The van der Waals surface area contributed by atoms with Crippen molar-refractivity contribution < 1.29 is 4.92 Å². The lowest BCUT2D eigenvalue weighted by atomic mass is 10.1. The summed E-state index contributed by atoms with van der Waals surface area (Å²) in [4.78, 5) is 27.0. The Bertz CT molecular complexity index is 888. The number of aliphatic imine (C=N–C) groups is 2. The summed E-state index contributed by atoms with van der Waals surface area (Å²) in [5.41, 5.74) is 7.26. The molecule has 1 atom stereocenters. The lowest BCUT2D eigenvalue weighted by Crippen LogP contribution is -2.57. The number of nitro benzene ring substituents is 1. The van der Waals surface area contributed by atoms with Crippen LogP contribution in [0.1, 0.15) is 51.4 Å². The van der Waals surface area contributed by atoms with Gasteiger partial charge in [0.15, 0.2) is 6.29 Å². The largest absolute Gasteiger partial charge is 0.351 e. The third-order valence-electron chi connectivity index (χ3n) is 6.95. The van der Waals surface area contributed by atoms with Crippen molar-refractivity contribution in [2.45, 2.75) is 69.7 Å². The molecule has 1 unspecified atom stereocenters. The summed E-state index contributed by atoms with van der Waals surface area (Å²) >= 11 is 0. The van der Waals surface area contributed by atoms with Gasteiger partial charge in [0, 0.05) is 31.3 Å². The zero-order valence-corrected chi connectivity index (χ0v) is 19.7. The third kappa shape index (κ3) is 5.62. The van der Waals surface area contributed by atoms with Crippen molar-refractivity contribution in [1.82, 2.24) is 15.1 Å². The minimum absolute atomic E-state index is 0.0767. The van der Waals surface area contributed by atoms with Crippen molar-refractivity contribution in [1.29, 1.82) is 0 Å². The highest BCUT2D eigenvalue weighted by Crippen LogP contribution is 2.31. The minimum Gasteiger partial charge on any atom is -0.351 e. The van der Waals surface area contributed by atoms with E-state index in [1.165, 1.54) is 18.9 Å². The standard InChI is InChI=1S/C23H36N8O2/c1-28-14-12-17(13-15-28)25-22-26-21(24)29(2)23(27-22)30(18-8-5-3-4-6-9-18)19-10-7-11-20(16-19)31(32)33/h7,10-11,16-18,21H,3-6,8-9,12-15,24H2,1-2H3,(H,25,26). The molecule has 33 heavy (non-hydrogen) atoms. The molecule has 10 nitrogen and oxygen atoms in total. The zero-order valence-electron chi connectivity index (χ0n) is 19.7. The SMILES string of the molecule is CN1CCC(NC2=NC(N)N(C)C(N(c3cccc([N+](=O)[O-])c3)C3CCCCCC3)=N2)CC1. The van der Waals surface area contributed by atoms with Crippen molar-refractivity contribution in [3.8, 4) is 0 Å². The van der Waals surface area contributed by atoms with E-state index in [1.54, 1.807) is 12.1 Å². The highest BCUT2D eigenvalue weighted by Gasteiger charge is 2.32. The Labute approximate surface area is 195 Å². The number of guanidine groups is 2. The topological polar surface area (TPSA) is 116 Å². The molecule has 1 aromatic carbocycles. The molecule has 10 heteroatoms. The molecular formula is C23H36N8O2. The van der Waals surface area contributed by atoms with E-state index in [4.69, 9.17) is 10.7 Å². The maximum absolute atomic E-state index is 11.5. The number of rotatable bonds is 4. The molecule has 0 spiro atoms. The second-order valence-corrected chi connectivity index (χ2v) is 9.40. The summed E-state index contributed by atoms with van der Waals surface area (Å²) in [6.07, 6.45) is 8.21. The molecule has 180 valence electrons. The number of nitrogens with zero attached hydrogens (tertiary/aromatic N) is 6. The van der Waals surface area contributed by atoms with Gasteiger partial charge in [0.25, 0.3) is 5.69 Å². The van der Waals surface area contributed by atoms with Crippen LogP contribution >= 0.6 is 0 Å². The number of nitrogens with two attached hydrogens (primary N) is 1. The molecule has 3 aliphatic rings. The van der Waals surface area contributed by atoms with Crippen LogP contribution in [0.15, 0.2) is 34.3 Å². The summed E-state index contributed by atoms with van der Waals surface area (Å²) < 4.78 is 0. The number of anilines is 1. The van der Waals surface area contributed by atoms with Crippen LogP contribution < -0.4 is 16.0 Å². The van der Waals surface area contributed by atoms with Gasteiger partial charge in [-0.2, -0.15) is 4.99 Å². The van der Waals surface area contributed by atoms with Gasteiger partial charge >= 0.3 is 0 Å². The first-order valence-electron chi connectivity index (χ1n) is 12.1. The van der Waals surface area contributed by atoms with Gasteiger partial charge in [0.05, 0.1) is 10.6 Å². The molecule has 2 aliphatic heterocycles. The molecule has 4 rings (SSSR count). The molecule has 2 fully saturated rings. The molecule has 0 radical (unpaired) electrons. The number of hydrogen-bond donors (Lipinski definition) is 2. The number of piperidine rings is 1. The summed E-state index contributed by atoms with van der Waals surface area (Å²) in [5, 5.41) is 15.0. The Kier molecular flexibility index (Phi) is 7.44. The molecular weight excluding hydrogens is 420 g/mol. The fourth-order valence-electron chi connectivity index (χ4n) is 4.92. The van der Waals surface area contributed by atoms with Crippen LogP contribution in [0.3, 0.4) is 0 Å². The fraction of sp³-hybridized carbons (Fsp3) is 0.652. The average molecular weight is 457 g/mol. The van der Waals surface area contributed by atoms with Crippen molar-refractivity contribution in [2.24, 2.45) is 15.7 Å². The van der Waals surface area contributed by atoms with Gasteiger partial charge in [-0.05, 0) is 51.9 Å². The number of nitrogens with one attached hydrogen (secondary N) is 1. The quantitative estimate of drug-likeness (QED) is 0.406. The first-order valence-corrected chi connectivity index (χ1v) is 12.1. The second kappa shape index (κ2) is 10.5. The van der Waals surface area contributed by atoms with Crippen LogP contribution in [0.25, 0.3) is 0 Å². The molecule has 1 aliphatic carbocycles. The van der Waals surface area contributed by atoms with E-state index in [-0.39, 0.29) is 16.7 Å². The van der Waals surface area contributed by atoms with Crippen LogP contribution in [-0.4, -0.2) is 72.2 Å². The van der Waals surface area contributed by atoms with Gasteiger partial charge in [-0.3, -0.25) is 15.8 Å². The van der Waals surface area contributed by atoms with Gasteiger partial charge in [-0.1, -0.05) is 31.7 Å².